The van der Waals surface area contributed by atoms with Crippen molar-refractivity contribution in [2.45, 2.75) is 18.9 Å². The molecule has 0 saturated carbocycles. The van der Waals surface area contributed by atoms with E-state index in [1.54, 1.807) is 6.08 Å². The lowest BCUT2D eigenvalue weighted by Crippen LogP contribution is -2.41. The molecule has 3 heteroatoms. The minimum Gasteiger partial charge on any atom is -0.376 e. The second-order valence-corrected chi connectivity index (χ2v) is 3.54. The van der Waals surface area contributed by atoms with E-state index in [2.05, 4.69) is 11.5 Å². The van der Waals surface area contributed by atoms with Gasteiger partial charge >= 0.3 is 0 Å². The molecular formula is C10H20N2O. The second kappa shape index (κ2) is 6.13. The van der Waals surface area contributed by atoms with E-state index < -0.39 is 0 Å². The van der Waals surface area contributed by atoms with Gasteiger partial charge in [-0.3, -0.25) is 0 Å². The maximum Gasteiger partial charge on any atom is 0.0645 e. The molecule has 0 amide bonds. The Kier molecular flexibility index (Phi) is 5.05. The summed E-state index contributed by atoms with van der Waals surface area (Å²) in [6.07, 6.45) is 4.04. The van der Waals surface area contributed by atoms with Crippen LogP contribution in [0.4, 0.5) is 0 Å². The van der Waals surface area contributed by atoms with Crippen LogP contribution < -0.4 is 5.73 Å². The van der Waals surface area contributed by atoms with Gasteiger partial charge in [0.05, 0.1) is 13.2 Å². The van der Waals surface area contributed by atoms with Crippen LogP contribution in [-0.2, 0) is 4.74 Å². The highest BCUT2D eigenvalue weighted by Gasteiger charge is 2.14. The fraction of sp³-hybridized carbons (Fsp3) is 0.800. The van der Waals surface area contributed by atoms with Crippen molar-refractivity contribution in [3.63, 3.8) is 0 Å². The van der Waals surface area contributed by atoms with Crippen LogP contribution in [0.15, 0.2) is 12.7 Å². The van der Waals surface area contributed by atoms with Crippen molar-refractivity contribution < 1.29 is 4.74 Å². The molecule has 1 heterocycles. The number of rotatable bonds is 5. The first kappa shape index (κ1) is 10.7. The number of hydrogen-bond acceptors (Lipinski definition) is 3. The Morgan fingerprint density at radius 1 is 1.46 bits per heavy atom. The van der Waals surface area contributed by atoms with Crippen LogP contribution in [0.1, 0.15) is 12.8 Å². The molecule has 0 atom stereocenters. The molecule has 1 rings (SSSR count). The van der Waals surface area contributed by atoms with Crippen molar-refractivity contribution in [3.8, 4) is 0 Å². The third-order valence-electron chi connectivity index (χ3n) is 2.42. The highest BCUT2D eigenvalue weighted by Crippen LogP contribution is 2.07. The maximum atomic E-state index is 5.80. The van der Waals surface area contributed by atoms with Crippen LogP contribution in [-0.4, -0.2) is 43.8 Å². The molecule has 0 unspecified atom stereocenters. The molecule has 0 bridgehead atoms. The monoisotopic (exact) mass is 184 g/mol. The first-order chi connectivity index (χ1) is 6.33. The van der Waals surface area contributed by atoms with Gasteiger partial charge in [0, 0.05) is 12.6 Å². The highest BCUT2D eigenvalue weighted by molar-refractivity contribution is 4.73. The molecule has 76 valence electrons. The van der Waals surface area contributed by atoms with Gasteiger partial charge in [-0.25, -0.2) is 0 Å². The standard InChI is InChI=1S/C10H20N2O/c1-2-8-13-9-7-12-5-3-10(11)4-6-12/h2,10H,1,3-9,11H2. The number of nitrogens with zero attached hydrogens (tertiary/aromatic N) is 1. The van der Waals surface area contributed by atoms with Crippen LogP contribution in [0.5, 0.6) is 0 Å². The Balaban J connectivity index is 1.99. The SMILES string of the molecule is C=CCOCCN1CCC(N)CC1. The zero-order chi connectivity index (χ0) is 9.52. The van der Waals surface area contributed by atoms with Crippen molar-refractivity contribution in [1.82, 2.24) is 4.90 Å². The first-order valence-corrected chi connectivity index (χ1v) is 4.99. The third-order valence-corrected chi connectivity index (χ3v) is 2.42. The molecule has 13 heavy (non-hydrogen) atoms. The van der Waals surface area contributed by atoms with E-state index >= 15 is 0 Å². The zero-order valence-corrected chi connectivity index (χ0v) is 8.24. The topological polar surface area (TPSA) is 38.5 Å². The Hall–Kier alpha value is -0.380. The summed E-state index contributed by atoms with van der Waals surface area (Å²) < 4.78 is 5.32. The molecule has 0 radical (unpaired) electrons. The third kappa shape index (κ3) is 4.41. The van der Waals surface area contributed by atoms with Crippen molar-refractivity contribution >= 4 is 0 Å². The Bertz CT molecular complexity index is 142. The summed E-state index contributed by atoms with van der Waals surface area (Å²) in [6.45, 7) is 8.34. The van der Waals surface area contributed by atoms with Gasteiger partial charge in [0.1, 0.15) is 0 Å². The van der Waals surface area contributed by atoms with Gasteiger partial charge in [0.15, 0.2) is 0 Å². The largest absolute Gasteiger partial charge is 0.376 e. The summed E-state index contributed by atoms with van der Waals surface area (Å²) in [5.41, 5.74) is 5.80. The lowest BCUT2D eigenvalue weighted by Gasteiger charge is -2.29. The molecule has 1 saturated heterocycles. The summed E-state index contributed by atoms with van der Waals surface area (Å²) in [4.78, 5) is 2.41. The minimum absolute atomic E-state index is 0.422. The van der Waals surface area contributed by atoms with Crippen LogP contribution >= 0.6 is 0 Å². The van der Waals surface area contributed by atoms with Gasteiger partial charge in [0.2, 0.25) is 0 Å². The molecule has 1 aliphatic heterocycles. The number of nitrogens with two attached hydrogens (primary N) is 1. The molecule has 2 N–H and O–H groups in total. The average molecular weight is 184 g/mol. The number of hydrogen-bond donors (Lipinski definition) is 1. The molecule has 0 aromatic rings. The number of piperidine rings is 1. The van der Waals surface area contributed by atoms with E-state index in [0.29, 0.717) is 12.6 Å². The Morgan fingerprint density at radius 2 is 2.15 bits per heavy atom. The average Bonchev–Trinajstić information content (AvgIpc) is 2.15. The first-order valence-electron chi connectivity index (χ1n) is 4.99. The predicted octanol–water partition coefficient (Wildman–Crippen LogP) is 0.612. The van der Waals surface area contributed by atoms with Crippen molar-refractivity contribution in [2.75, 3.05) is 32.8 Å². The molecule has 1 fully saturated rings. The van der Waals surface area contributed by atoms with Crippen molar-refractivity contribution in [3.05, 3.63) is 12.7 Å². The Morgan fingerprint density at radius 3 is 2.77 bits per heavy atom. The van der Waals surface area contributed by atoms with Gasteiger partial charge < -0.3 is 15.4 Å². The van der Waals surface area contributed by atoms with Gasteiger partial charge in [-0.15, -0.1) is 6.58 Å². The van der Waals surface area contributed by atoms with Gasteiger partial charge in [0.25, 0.3) is 0 Å². The quantitative estimate of drug-likeness (QED) is 0.502. The molecule has 1 aliphatic rings. The lowest BCUT2D eigenvalue weighted by atomic mass is 10.1. The summed E-state index contributed by atoms with van der Waals surface area (Å²) in [5.74, 6) is 0. The summed E-state index contributed by atoms with van der Waals surface area (Å²) in [6, 6.07) is 0.422. The van der Waals surface area contributed by atoms with E-state index in [1.165, 1.54) is 0 Å². The zero-order valence-electron chi connectivity index (χ0n) is 8.24. The van der Waals surface area contributed by atoms with E-state index in [-0.39, 0.29) is 0 Å². The van der Waals surface area contributed by atoms with Gasteiger partial charge in [-0.1, -0.05) is 6.08 Å². The lowest BCUT2D eigenvalue weighted by molar-refractivity contribution is 0.111. The minimum atomic E-state index is 0.422. The normalized spacial score (nSPS) is 20.4. The van der Waals surface area contributed by atoms with Crippen LogP contribution in [0.3, 0.4) is 0 Å². The van der Waals surface area contributed by atoms with E-state index in [4.69, 9.17) is 10.5 Å². The summed E-state index contributed by atoms with van der Waals surface area (Å²) >= 11 is 0. The van der Waals surface area contributed by atoms with Crippen LogP contribution in [0.25, 0.3) is 0 Å². The molecule has 0 aromatic heterocycles. The fourth-order valence-electron chi connectivity index (χ4n) is 1.54. The molecule has 0 aliphatic carbocycles. The predicted molar refractivity (Wildman–Crippen MR) is 54.7 cm³/mol. The van der Waals surface area contributed by atoms with E-state index in [0.717, 1.165) is 39.1 Å². The summed E-state index contributed by atoms with van der Waals surface area (Å²) in [7, 11) is 0. The van der Waals surface area contributed by atoms with Crippen molar-refractivity contribution in [2.24, 2.45) is 5.73 Å². The fourth-order valence-corrected chi connectivity index (χ4v) is 1.54. The molecule has 0 aromatic carbocycles. The molecule has 3 nitrogen and oxygen atoms in total. The Labute approximate surface area is 80.5 Å². The van der Waals surface area contributed by atoms with Crippen molar-refractivity contribution in [1.29, 1.82) is 0 Å². The number of likely N-dealkylation sites (tertiary alicyclic amines) is 1. The summed E-state index contributed by atoms with van der Waals surface area (Å²) in [5, 5.41) is 0. The van der Waals surface area contributed by atoms with Crippen LogP contribution in [0, 0.1) is 0 Å². The smallest absolute Gasteiger partial charge is 0.0645 e. The van der Waals surface area contributed by atoms with E-state index in [1.807, 2.05) is 0 Å². The number of ether oxygens (including phenoxy) is 1. The van der Waals surface area contributed by atoms with E-state index in [9.17, 15) is 0 Å². The highest BCUT2D eigenvalue weighted by atomic mass is 16.5. The molecule has 0 spiro atoms. The second-order valence-electron chi connectivity index (χ2n) is 3.54. The van der Waals surface area contributed by atoms with Crippen LogP contribution in [0.2, 0.25) is 0 Å². The van der Waals surface area contributed by atoms with Gasteiger partial charge in [-0.2, -0.15) is 0 Å². The molecular weight excluding hydrogens is 164 g/mol. The van der Waals surface area contributed by atoms with Gasteiger partial charge in [-0.05, 0) is 25.9 Å². The maximum absolute atomic E-state index is 5.80.